The van der Waals surface area contributed by atoms with Crippen LogP contribution in [-0.2, 0) is 17.6 Å². The number of nitrogens with zero attached hydrogens (tertiary/aromatic N) is 1. The molecule has 1 aliphatic carbocycles. The van der Waals surface area contributed by atoms with Gasteiger partial charge in [0.25, 0.3) is 0 Å². The van der Waals surface area contributed by atoms with Crippen LogP contribution in [0.1, 0.15) is 17.7 Å². The van der Waals surface area contributed by atoms with Crippen LogP contribution < -0.4 is 5.32 Å². The van der Waals surface area contributed by atoms with Crippen molar-refractivity contribution in [2.45, 2.75) is 19.3 Å². The highest BCUT2D eigenvalue weighted by Crippen LogP contribution is 2.31. The number of ether oxygens (including phenoxy) is 1. The van der Waals surface area contributed by atoms with E-state index in [1.165, 1.54) is 24.2 Å². The summed E-state index contributed by atoms with van der Waals surface area (Å²) >= 11 is 1.33. The molecule has 0 saturated heterocycles. The van der Waals surface area contributed by atoms with Crippen molar-refractivity contribution in [3.8, 4) is 0 Å². The number of nitrogens with one attached hydrogen (secondary N) is 1. The fourth-order valence-corrected chi connectivity index (χ4v) is 2.33. The first-order valence-corrected chi connectivity index (χ1v) is 4.91. The molecule has 0 radical (unpaired) electrons. The first-order valence-electron chi connectivity index (χ1n) is 4.13. The molecular formula is C8H10N2O2S. The van der Waals surface area contributed by atoms with E-state index in [9.17, 15) is 4.79 Å². The predicted octanol–water partition coefficient (Wildman–Crippen LogP) is 1.81. The van der Waals surface area contributed by atoms with E-state index in [0.717, 1.165) is 30.0 Å². The van der Waals surface area contributed by atoms with E-state index >= 15 is 0 Å². The number of hydrogen-bond acceptors (Lipinski definition) is 4. The molecule has 0 atom stereocenters. The van der Waals surface area contributed by atoms with Gasteiger partial charge >= 0.3 is 6.09 Å². The summed E-state index contributed by atoms with van der Waals surface area (Å²) in [6.07, 6.45) is 2.78. The minimum atomic E-state index is -0.418. The topological polar surface area (TPSA) is 51.2 Å². The maximum absolute atomic E-state index is 10.9. The van der Waals surface area contributed by atoms with Gasteiger partial charge < -0.3 is 4.74 Å². The van der Waals surface area contributed by atoms with Gasteiger partial charge in [-0.3, -0.25) is 5.32 Å². The van der Waals surface area contributed by atoms with Crippen LogP contribution in [0.15, 0.2) is 0 Å². The van der Waals surface area contributed by atoms with E-state index in [1.807, 2.05) is 0 Å². The maximum atomic E-state index is 10.9. The minimum absolute atomic E-state index is 0.418. The quantitative estimate of drug-likeness (QED) is 0.748. The summed E-state index contributed by atoms with van der Waals surface area (Å²) in [7, 11) is 1.36. The second-order valence-electron chi connectivity index (χ2n) is 2.91. The lowest BCUT2D eigenvalue weighted by Gasteiger charge is -2.00. The van der Waals surface area contributed by atoms with Gasteiger partial charge in [0.15, 0.2) is 0 Å². The number of carbonyl (C=O) groups excluding carboxylic acids is 1. The lowest BCUT2D eigenvalue weighted by atomic mass is 10.3. The van der Waals surface area contributed by atoms with Crippen molar-refractivity contribution in [3.05, 3.63) is 11.3 Å². The van der Waals surface area contributed by atoms with Crippen molar-refractivity contribution < 1.29 is 9.53 Å². The number of hydrogen-bond donors (Lipinski definition) is 1. The third-order valence-electron chi connectivity index (χ3n) is 2.11. The standard InChI is InChI=1S/C8H10N2O2S/c1-12-8(11)9-7-5-3-2-4-6(5)10-13-7/h2-4H2,1H3,(H,9,11). The second kappa shape index (κ2) is 3.33. The number of amides is 1. The minimum Gasteiger partial charge on any atom is -0.453 e. The summed E-state index contributed by atoms with van der Waals surface area (Å²) in [5, 5.41) is 3.51. The second-order valence-corrected chi connectivity index (χ2v) is 3.68. The average Bonchev–Trinajstić information content (AvgIpc) is 2.69. The summed E-state index contributed by atoms with van der Waals surface area (Å²) in [5.74, 6) is 0. The van der Waals surface area contributed by atoms with Crippen molar-refractivity contribution in [2.75, 3.05) is 12.4 Å². The number of aryl methyl sites for hydroxylation is 1. The van der Waals surface area contributed by atoms with E-state index in [-0.39, 0.29) is 0 Å². The van der Waals surface area contributed by atoms with Crippen molar-refractivity contribution >= 4 is 22.6 Å². The van der Waals surface area contributed by atoms with Gasteiger partial charge in [0, 0.05) is 5.56 Å². The van der Waals surface area contributed by atoms with E-state index in [4.69, 9.17) is 0 Å². The molecule has 0 unspecified atom stereocenters. The Labute approximate surface area is 80.1 Å². The van der Waals surface area contributed by atoms with Crippen molar-refractivity contribution in [1.29, 1.82) is 0 Å². The van der Waals surface area contributed by atoms with Crippen LogP contribution in [0.3, 0.4) is 0 Å². The van der Waals surface area contributed by atoms with Gasteiger partial charge in [-0.05, 0) is 30.8 Å². The average molecular weight is 198 g/mol. The normalized spacial score (nSPS) is 13.9. The Morgan fingerprint density at radius 2 is 2.46 bits per heavy atom. The van der Waals surface area contributed by atoms with Crippen LogP contribution in [0.4, 0.5) is 9.80 Å². The van der Waals surface area contributed by atoms with Gasteiger partial charge in [-0.15, -0.1) is 0 Å². The fourth-order valence-electron chi connectivity index (χ4n) is 1.47. The van der Waals surface area contributed by atoms with E-state index < -0.39 is 6.09 Å². The summed E-state index contributed by atoms with van der Waals surface area (Å²) in [4.78, 5) is 10.9. The molecule has 0 spiro atoms. The SMILES string of the molecule is COC(=O)Nc1snc2c1CCC2. The molecule has 0 bridgehead atoms. The first-order chi connectivity index (χ1) is 6.31. The molecule has 1 aromatic heterocycles. The zero-order valence-corrected chi connectivity index (χ0v) is 8.11. The Hall–Kier alpha value is -1.10. The molecule has 0 fully saturated rings. The summed E-state index contributed by atoms with van der Waals surface area (Å²) in [6.45, 7) is 0. The van der Waals surface area contributed by atoms with Crippen LogP contribution in [-0.4, -0.2) is 17.6 Å². The predicted molar refractivity (Wildman–Crippen MR) is 50.2 cm³/mol. The third-order valence-corrected chi connectivity index (χ3v) is 2.95. The molecule has 2 rings (SSSR count). The molecule has 70 valence electrons. The fraction of sp³-hybridized carbons (Fsp3) is 0.500. The molecule has 0 aliphatic heterocycles. The summed E-state index contributed by atoms with van der Waals surface area (Å²) in [5.41, 5.74) is 2.33. The molecule has 1 aromatic rings. The highest BCUT2D eigenvalue weighted by atomic mass is 32.1. The summed E-state index contributed by atoms with van der Waals surface area (Å²) < 4.78 is 8.77. The molecule has 1 amide bonds. The number of fused-ring (bicyclic) bond motifs is 1. The van der Waals surface area contributed by atoms with Gasteiger partial charge in [-0.2, -0.15) is 4.37 Å². The molecular weight excluding hydrogens is 188 g/mol. The molecule has 0 aromatic carbocycles. The van der Waals surface area contributed by atoms with Crippen LogP contribution in [0.2, 0.25) is 0 Å². The smallest absolute Gasteiger partial charge is 0.412 e. The van der Waals surface area contributed by atoms with Gasteiger partial charge in [0.05, 0.1) is 12.8 Å². The van der Waals surface area contributed by atoms with E-state index in [1.54, 1.807) is 0 Å². The summed E-state index contributed by atoms with van der Waals surface area (Å²) in [6, 6.07) is 0. The Kier molecular flexibility index (Phi) is 2.18. The van der Waals surface area contributed by atoms with Crippen molar-refractivity contribution in [3.63, 3.8) is 0 Å². The molecule has 4 nitrogen and oxygen atoms in total. The van der Waals surface area contributed by atoms with Crippen LogP contribution in [0.5, 0.6) is 0 Å². The lowest BCUT2D eigenvalue weighted by Crippen LogP contribution is -2.10. The highest BCUT2D eigenvalue weighted by Gasteiger charge is 2.19. The third kappa shape index (κ3) is 1.51. The highest BCUT2D eigenvalue weighted by molar-refractivity contribution is 7.10. The van der Waals surface area contributed by atoms with Crippen LogP contribution in [0, 0.1) is 0 Å². The van der Waals surface area contributed by atoms with Gasteiger partial charge in [-0.25, -0.2) is 4.79 Å². The van der Waals surface area contributed by atoms with Crippen molar-refractivity contribution in [2.24, 2.45) is 0 Å². The number of aromatic nitrogens is 1. The monoisotopic (exact) mass is 198 g/mol. The van der Waals surface area contributed by atoms with E-state index in [0.29, 0.717) is 0 Å². The van der Waals surface area contributed by atoms with Gasteiger partial charge in [-0.1, -0.05) is 0 Å². The van der Waals surface area contributed by atoms with Crippen molar-refractivity contribution in [1.82, 2.24) is 4.37 Å². The maximum Gasteiger partial charge on any atom is 0.412 e. The number of anilines is 1. The molecule has 1 heterocycles. The number of methoxy groups -OCH3 is 1. The molecule has 1 N–H and O–H groups in total. The molecule has 0 saturated carbocycles. The Balaban J connectivity index is 2.17. The lowest BCUT2D eigenvalue weighted by molar-refractivity contribution is 0.187. The largest absolute Gasteiger partial charge is 0.453 e. The Bertz CT molecular complexity index is 335. The number of carbonyl (C=O) groups is 1. The van der Waals surface area contributed by atoms with E-state index in [2.05, 4.69) is 14.4 Å². The Morgan fingerprint density at radius 1 is 1.62 bits per heavy atom. The zero-order chi connectivity index (χ0) is 9.26. The molecule has 1 aliphatic rings. The molecule has 13 heavy (non-hydrogen) atoms. The molecule has 5 heteroatoms. The first kappa shape index (κ1) is 8.50. The van der Waals surface area contributed by atoms with Gasteiger partial charge in [0.1, 0.15) is 5.00 Å². The Morgan fingerprint density at radius 3 is 3.23 bits per heavy atom. The van der Waals surface area contributed by atoms with Crippen LogP contribution in [0.25, 0.3) is 0 Å². The number of rotatable bonds is 1. The zero-order valence-electron chi connectivity index (χ0n) is 7.29. The van der Waals surface area contributed by atoms with Gasteiger partial charge in [0.2, 0.25) is 0 Å². The van der Waals surface area contributed by atoms with Crippen LogP contribution >= 0.6 is 11.5 Å².